The number of anilines is 1. The van der Waals surface area contributed by atoms with Crippen molar-refractivity contribution in [3.8, 4) is 0 Å². The number of nitrogens with zero attached hydrogens (tertiary/aromatic N) is 5. The minimum absolute atomic E-state index is 0.197. The van der Waals surface area contributed by atoms with Crippen LogP contribution in [0.4, 0.5) is 5.82 Å². The normalized spacial score (nSPS) is 33.7. The molecule has 1 aliphatic carbocycles. The third-order valence-electron chi connectivity index (χ3n) is 6.75. The quantitative estimate of drug-likeness (QED) is 0.829. The molecule has 7 heteroatoms. The molecule has 1 saturated carbocycles. The summed E-state index contributed by atoms with van der Waals surface area (Å²) >= 11 is 0. The number of rotatable bonds is 2. The van der Waals surface area contributed by atoms with E-state index in [1.807, 2.05) is 6.20 Å². The summed E-state index contributed by atoms with van der Waals surface area (Å²) in [5, 5.41) is 11.9. The average Bonchev–Trinajstić information content (AvgIpc) is 3.27. The zero-order valence-corrected chi connectivity index (χ0v) is 15.4. The predicted molar refractivity (Wildman–Crippen MR) is 101 cm³/mol. The fraction of sp³-hybridized carbons (Fsp3) is 0.684. The van der Waals surface area contributed by atoms with Crippen LogP contribution in [-0.2, 0) is 0 Å². The van der Waals surface area contributed by atoms with Crippen molar-refractivity contribution >= 4 is 16.9 Å². The molecule has 7 nitrogen and oxygen atoms in total. The average molecular weight is 356 g/mol. The molecule has 2 aliphatic heterocycles. The number of aliphatic hydroxyl groups is 1. The molecule has 0 amide bonds. The lowest BCUT2D eigenvalue weighted by atomic mass is 9.77. The van der Waals surface area contributed by atoms with Gasteiger partial charge >= 0.3 is 0 Å². The molecule has 0 unspecified atom stereocenters. The van der Waals surface area contributed by atoms with Gasteiger partial charge in [0.1, 0.15) is 17.8 Å². The Morgan fingerprint density at radius 1 is 1.08 bits per heavy atom. The van der Waals surface area contributed by atoms with Crippen LogP contribution in [0.15, 0.2) is 18.6 Å². The minimum atomic E-state index is -0.197. The first-order valence-electron chi connectivity index (χ1n) is 9.83. The van der Waals surface area contributed by atoms with Gasteiger partial charge in [-0.15, -0.1) is 0 Å². The molecule has 5 rings (SSSR count). The van der Waals surface area contributed by atoms with Gasteiger partial charge in [0.2, 0.25) is 0 Å². The predicted octanol–water partition coefficient (Wildman–Crippen LogP) is 0.781. The van der Waals surface area contributed by atoms with Crippen molar-refractivity contribution in [3.05, 3.63) is 18.6 Å². The molecule has 26 heavy (non-hydrogen) atoms. The Morgan fingerprint density at radius 2 is 1.85 bits per heavy atom. The molecule has 0 radical (unpaired) electrons. The molecule has 4 heterocycles. The number of hydrogen-bond donors (Lipinski definition) is 2. The number of H-pyrrole nitrogens is 1. The topological polar surface area (TPSA) is 71.5 Å². The second-order valence-electron chi connectivity index (χ2n) is 8.31. The van der Waals surface area contributed by atoms with Gasteiger partial charge in [-0.3, -0.25) is 4.90 Å². The molecule has 2 aromatic heterocycles. The van der Waals surface area contributed by atoms with Crippen LogP contribution < -0.4 is 4.90 Å². The van der Waals surface area contributed by atoms with Crippen LogP contribution in [0.25, 0.3) is 11.0 Å². The van der Waals surface area contributed by atoms with Gasteiger partial charge in [-0.25, -0.2) is 9.97 Å². The Labute approximate surface area is 154 Å². The fourth-order valence-corrected chi connectivity index (χ4v) is 5.24. The summed E-state index contributed by atoms with van der Waals surface area (Å²) < 4.78 is 0. The van der Waals surface area contributed by atoms with Crippen molar-refractivity contribution in [2.75, 3.05) is 51.2 Å². The van der Waals surface area contributed by atoms with E-state index in [0.717, 1.165) is 69.0 Å². The molecule has 0 bridgehead atoms. The highest BCUT2D eigenvalue weighted by molar-refractivity contribution is 5.87. The largest absolute Gasteiger partial charge is 0.391 e. The van der Waals surface area contributed by atoms with Crippen molar-refractivity contribution in [3.63, 3.8) is 0 Å². The van der Waals surface area contributed by atoms with E-state index >= 15 is 0 Å². The molecule has 140 valence electrons. The molecule has 2 saturated heterocycles. The van der Waals surface area contributed by atoms with Crippen molar-refractivity contribution in [2.24, 2.45) is 11.8 Å². The van der Waals surface area contributed by atoms with Crippen LogP contribution in [0.5, 0.6) is 0 Å². The van der Waals surface area contributed by atoms with E-state index in [2.05, 4.69) is 42.8 Å². The minimum Gasteiger partial charge on any atom is -0.391 e. The van der Waals surface area contributed by atoms with Gasteiger partial charge in [0.25, 0.3) is 0 Å². The molecule has 0 aromatic carbocycles. The van der Waals surface area contributed by atoms with Crippen LogP contribution in [-0.4, -0.2) is 88.3 Å². The summed E-state index contributed by atoms with van der Waals surface area (Å²) in [5.41, 5.74) is 0.903. The Hall–Kier alpha value is -1.70. The molecule has 2 aromatic rings. The summed E-state index contributed by atoms with van der Waals surface area (Å²) in [7, 11) is 2.18. The molecule has 4 atom stereocenters. The van der Waals surface area contributed by atoms with Crippen molar-refractivity contribution in [1.29, 1.82) is 0 Å². The first kappa shape index (κ1) is 16.5. The number of aromatic nitrogens is 3. The van der Waals surface area contributed by atoms with Crippen molar-refractivity contribution in [2.45, 2.75) is 25.0 Å². The van der Waals surface area contributed by atoms with Crippen LogP contribution >= 0.6 is 0 Å². The maximum Gasteiger partial charge on any atom is 0.142 e. The molecule has 2 N–H and O–H groups in total. The number of hydrogen-bond acceptors (Lipinski definition) is 6. The zero-order valence-electron chi connectivity index (χ0n) is 15.4. The van der Waals surface area contributed by atoms with E-state index in [1.54, 1.807) is 6.33 Å². The third-order valence-corrected chi connectivity index (χ3v) is 6.75. The third kappa shape index (κ3) is 2.78. The Bertz CT molecular complexity index is 770. The van der Waals surface area contributed by atoms with Gasteiger partial charge in [-0.2, -0.15) is 0 Å². The summed E-state index contributed by atoms with van der Waals surface area (Å²) in [4.78, 5) is 19.4. The van der Waals surface area contributed by atoms with Gasteiger partial charge in [-0.1, -0.05) is 0 Å². The lowest BCUT2D eigenvalue weighted by molar-refractivity contribution is -0.0249. The molecule has 3 fully saturated rings. The van der Waals surface area contributed by atoms with E-state index in [1.165, 1.54) is 0 Å². The van der Waals surface area contributed by atoms with E-state index in [4.69, 9.17) is 0 Å². The summed E-state index contributed by atoms with van der Waals surface area (Å²) in [5.74, 6) is 2.25. The van der Waals surface area contributed by atoms with E-state index in [0.29, 0.717) is 17.9 Å². The number of aromatic amines is 1. The molecule has 3 aliphatic rings. The highest BCUT2D eigenvalue weighted by atomic mass is 16.3. The summed E-state index contributed by atoms with van der Waals surface area (Å²) in [6, 6.07) is 2.39. The van der Waals surface area contributed by atoms with Crippen LogP contribution in [0.1, 0.15) is 12.8 Å². The number of aliphatic hydroxyl groups excluding tert-OH is 1. The number of piperazine rings is 1. The number of fused-ring (bicyclic) bond motifs is 2. The highest BCUT2D eigenvalue weighted by Gasteiger charge is 2.44. The van der Waals surface area contributed by atoms with Crippen LogP contribution in [0.3, 0.4) is 0 Å². The van der Waals surface area contributed by atoms with Gasteiger partial charge in [0, 0.05) is 51.5 Å². The van der Waals surface area contributed by atoms with Crippen molar-refractivity contribution in [1.82, 2.24) is 24.8 Å². The molecule has 0 spiro atoms. The summed E-state index contributed by atoms with van der Waals surface area (Å²) in [6.07, 6.45) is 5.40. The zero-order chi connectivity index (χ0) is 17.7. The second-order valence-corrected chi connectivity index (χ2v) is 8.31. The maximum absolute atomic E-state index is 10.8. The maximum atomic E-state index is 10.8. The lowest BCUT2D eigenvalue weighted by Gasteiger charge is -2.44. The first-order chi connectivity index (χ1) is 12.7. The molecular weight excluding hydrogens is 328 g/mol. The monoisotopic (exact) mass is 356 g/mol. The summed E-state index contributed by atoms with van der Waals surface area (Å²) in [6.45, 7) is 6.41. The van der Waals surface area contributed by atoms with Crippen LogP contribution in [0, 0.1) is 11.8 Å². The van der Waals surface area contributed by atoms with Gasteiger partial charge < -0.3 is 19.9 Å². The second kappa shape index (κ2) is 6.48. The van der Waals surface area contributed by atoms with Gasteiger partial charge in [0.15, 0.2) is 0 Å². The Balaban J connectivity index is 1.32. The highest BCUT2D eigenvalue weighted by Crippen LogP contribution is 2.40. The smallest absolute Gasteiger partial charge is 0.142 e. The Kier molecular flexibility index (Phi) is 4.10. The van der Waals surface area contributed by atoms with Crippen LogP contribution in [0.2, 0.25) is 0 Å². The SMILES string of the molecule is CN1CCN([C@@H]2C[C@@H]3CN(c4ncnc5[nH]ccc45)C[C@@H]3C[C@H]2O)CC1. The van der Waals surface area contributed by atoms with E-state index < -0.39 is 0 Å². The fourth-order valence-electron chi connectivity index (χ4n) is 5.24. The molecular formula is C19H28N6O. The van der Waals surface area contributed by atoms with Gasteiger partial charge in [-0.05, 0) is 37.8 Å². The number of nitrogens with one attached hydrogen (secondary N) is 1. The van der Waals surface area contributed by atoms with Gasteiger partial charge in [0.05, 0.1) is 11.5 Å². The van der Waals surface area contributed by atoms with Crippen molar-refractivity contribution < 1.29 is 5.11 Å². The van der Waals surface area contributed by atoms with E-state index in [9.17, 15) is 5.11 Å². The first-order valence-corrected chi connectivity index (χ1v) is 9.83. The lowest BCUT2D eigenvalue weighted by Crippen LogP contribution is -2.55. The standard InChI is InChI=1S/C19H28N6O/c1-23-4-6-24(7-5-23)16-8-13-10-25(11-14(13)9-17(16)26)19-15-2-3-20-18(15)21-12-22-19/h2-3,12-14,16-17,26H,4-11H2,1H3,(H,20,21,22)/t13-,14+,16-,17-/m1/s1. The van der Waals surface area contributed by atoms with E-state index in [-0.39, 0.29) is 6.10 Å². The Morgan fingerprint density at radius 3 is 2.65 bits per heavy atom. The number of likely N-dealkylation sites (N-methyl/N-ethyl adjacent to an activating group) is 1.